The molecular weight excluding hydrogens is 260 g/mol. The van der Waals surface area contributed by atoms with E-state index in [1.165, 1.54) is 6.42 Å². The molecule has 0 spiro atoms. The maximum Gasteiger partial charge on any atom is 0.227 e. The van der Waals surface area contributed by atoms with E-state index in [0.717, 1.165) is 24.9 Å². The predicted octanol–water partition coefficient (Wildman–Crippen LogP) is 4.35. The van der Waals surface area contributed by atoms with Gasteiger partial charge in [-0.3, -0.25) is 4.79 Å². The Morgan fingerprint density at radius 1 is 1.19 bits per heavy atom. The normalized spacial score (nSPS) is 22.4. The van der Waals surface area contributed by atoms with Crippen LogP contribution in [0.3, 0.4) is 0 Å². The first kappa shape index (κ1) is 15.6. The van der Waals surface area contributed by atoms with Crippen LogP contribution in [-0.2, 0) is 4.79 Å². The summed E-state index contributed by atoms with van der Waals surface area (Å²) < 4.78 is 0. The Labute approximate surface area is 127 Å². The number of anilines is 1. The van der Waals surface area contributed by atoms with E-state index in [1.807, 2.05) is 0 Å². The lowest BCUT2D eigenvalue weighted by molar-refractivity contribution is -0.124. The van der Waals surface area contributed by atoms with Crippen molar-refractivity contribution < 1.29 is 4.79 Å². The average molecular weight is 284 g/mol. The first-order valence-corrected chi connectivity index (χ1v) is 7.73. The molecule has 21 heavy (non-hydrogen) atoms. The standard InChI is InChI=1S/C18H24N2O/c1-18(2,3)16-7-5-4-6-15(16)17(21)20-14-10-8-13(12-19)9-11-14/h8-11,15-16H,4-7H2,1-3H3,(H,20,21). The predicted molar refractivity (Wildman–Crippen MR) is 84.7 cm³/mol. The van der Waals surface area contributed by atoms with Gasteiger partial charge in [-0.05, 0) is 48.4 Å². The zero-order valence-corrected chi connectivity index (χ0v) is 13.1. The second-order valence-electron chi connectivity index (χ2n) is 7.04. The Kier molecular flexibility index (Phi) is 4.67. The number of nitrogens with one attached hydrogen (secondary N) is 1. The van der Waals surface area contributed by atoms with Gasteiger partial charge in [0.25, 0.3) is 0 Å². The summed E-state index contributed by atoms with van der Waals surface area (Å²) in [5.74, 6) is 0.651. The molecule has 112 valence electrons. The number of carbonyl (C=O) groups is 1. The molecule has 3 nitrogen and oxygen atoms in total. The third-order valence-corrected chi connectivity index (χ3v) is 4.50. The molecule has 0 radical (unpaired) electrons. The van der Waals surface area contributed by atoms with E-state index in [-0.39, 0.29) is 17.2 Å². The summed E-state index contributed by atoms with van der Waals surface area (Å²) >= 11 is 0. The first-order chi connectivity index (χ1) is 9.91. The van der Waals surface area contributed by atoms with Gasteiger partial charge in [-0.2, -0.15) is 5.26 Å². The van der Waals surface area contributed by atoms with Crippen molar-refractivity contribution in [1.82, 2.24) is 0 Å². The molecule has 0 aliphatic heterocycles. The van der Waals surface area contributed by atoms with Crippen LogP contribution in [0.1, 0.15) is 52.0 Å². The fraction of sp³-hybridized carbons (Fsp3) is 0.556. The summed E-state index contributed by atoms with van der Waals surface area (Å²) in [6, 6.07) is 9.15. The van der Waals surface area contributed by atoms with Crippen LogP contribution in [0.4, 0.5) is 5.69 Å². The molecule has 2 rings (SSSR count). The van der Waals surface area contributed by atoms with Gasteiger partial charge < -0.3 is 5.32 Å². The molecule has 3 heteroatoms. The zero-order chi connectivity index (χ0) is 15.5. The van der Waals surface area contributed by atoms with E-state index < -0.39 is 0 Å². The van der Waals surface area contributed by atoms with Gasteiger partial charge in [0.05, 0.1) is 11.6 Å². The van der Waals surface area contributed by atoms with Crippen molar-refractivity contribution in [2.24, 2.45) is 17.3 Å². The average Bonchev–Trinajstić information content (AvgIpc) is 2.47. The van der Waals surface area contributed by atoms with E-state index in [2.05, 4.69) is 32.2 Å². The number of rotatable bonds is 2. The van der Waals surface area contributed by atoms with Gasteiger partial charge in [0.2, 0.25) is 5.91 Å². The second kappa shape index (κ2) is 6.30. The van der Waals surface area contributed by atoms with Crippen molar-refractivity contribution in [2.75, 3.05) is 5.32 Å². The van der Waals surface area contributed by atoms with Crippen molar-refractivity contribution in [3.63, 3.8) is 0 Å². The highest BCUT2D eigenvalue weighted by atomic mass is 16.1. The minimum atomic E-state index is 0.0920. The van der Waals surface area contributed by atoms with Gasteiger partial charge in [-0.15, -0.1) is 0 Å². The summed E-state index contributed by atoms with van der Waals surface area (Å²) in [5.41, 5.74) is 1.54. The van der Waals surface area contributed by atoms with Crippen LogP contribution < -0.4 is 5.32 Å². The van der Waals surface area contributed by atoms with E-state index in [4.69, 9.17) is 5.26 Å². The summed E-state index contributed by atoms with van der Waals surface area (Å²) in [7, 11) is 0. The number of nitrogens with zero attached hydrogens (tertiary/aromatic N) is 1. The molecule has 2 atom stereocenters. The minimum absolute atomic E-state index is 0.0920. The summed E-state index contributed by atoms with van der Waals surface area (Å²) in [6.45, 7) is 6.68. The Morgan fingerprint density at radius 2 is 1.81 bits per heavy atom. The van der Waals surface area contributed by atoms with Crippen molar-refractivity contribution in [3.8, 4) is 6.07 Å². The molecule has 1 amide bonds. The third kappa shape index (κ3) is 3.85. The largest absolute Gasteiger partial charge is 0.326 e. The van der Waals surface area contributed by atoms with Gasteiger partial charge in [-0.25, -0.2) is 0 Å². The highest BCUT2D eigenvalue weighted by Crippen LogP contribution is 2.42. The highest BCUT2D eigenvalue weighted by Gasteiger charge is 2.37. The number of hydrogen-bond acceptors (Lipinski definition) is 2. The number of amides is 1. The Hall–Kier alpha value is -1.82. The molecule has 0 bridgehead atoms. The van der Waals surface area contributed by atoms with Gasteiger partial charge >= 0.3 is 0 Å². The second-order valence-corrected chi connectivity index (χ2v) is 7.04. The maximum atomic E-state index is 12.6. The smallest absolute Gasteiger partial charge is 0.227 e. The molecular formula is C18H24N2O. The zero-order valence-electron chi connectivity index (χ0n) is 13.1. The maximum absolute atomic E-state index is 12.6. The van der Waals surface area contributed by atoms with Gasteiger partial charge in [0.15, 0.2) is 0 Å². The third-order valence-electron chi connectivity index (χ3n) is 4.50. The molecule has 1 aliphatic rings. The van der Waals surface area contributed by atoms with Gasteiger partial charge in [0.1, 0.15) is 0 Å². The van der Waals surface area contributed by atoms with Crippen molar-refractivity contribution in [1.29, 1.82) is 5.26 Å². The molecule has 1 aliphatic carbocycles. The Morgan fingerprint density at radius 3 is 2.38 bits per heavy atom. The van der Waals surface area contributed by atoms with Crippen LogP contribution in [-0.4, -0.2) is 5.91 Å². The quantitative estimate of drug-likeness (QED) is 0.877. The lowest BCUT2D eigenvalue weighted by atomic mass is 9.66. The number of benzene rings is 1. The molecule has 1 aromatic rings. The lowest BCUT2D eigenvalue weighted by Gasteiger charge is -2.39. The molecule has 1 N–H and O–H groups in total. The number of carbonyl (C=O) groups excluding carboxylic acids is 1. The van der Waals surface area contributed by atoms with Gasteiger partial charge in [-0.1, -0.05) is 33.6 Å². The van der Waals surface area contributed by atoms with Crippen molar-refractivity contribution in [2.45, 2.75) is 46.5 Å². The van der Waals surface area contributed by atoms with E-state index in [1.54, 1.807) is 24.3 Å². The lowest BCUT2D eigenvalue weighted by Crippen LogP contribution is -2.38. The molecule has 1 saturated carbocycles. The fourth-order valence-electron chi connectivity index (χ4n) is 3.34. The monoisotopic (exact) mass is 284 g/mol. The van der Waals surface area contributed by atoms with Crippen LogP contribution in [0.2, 0.25) is 0 Å². The highest BCUT2D eigenvalue weighted by molar-refractivity contribution is 5.92. The van der Waals surface area contributed by atoms with Crippen LogP contribution >= 0.6 is 0 Å². The molecule has 1 aromatic carbocycles. The van der Waals surface area contributed by atoms with E-state index in [0.29, 0.717) is 11.5 Å². The Balaban J connectivity index is 2.08. The van der Waals surface area contributed by atoms with Crippen LogP contribution in [0, 0.1) is 28.6 Å². The van der Waals surface area contributed by atoms with Crippen LogP contribution in [0.15, 0.2) is 24.3 Å². The van der Waals surface area contributed by atoms with Crippen molar-refractivity contribution in [3.05, 3.63) is 29.8 Å². The summed E-state index contributed by atoms with van der Waals surface area (Å²) in [6.07, 6.45) is 4.47. The first-order valence-electron chi connectivity index (χ1n) is 7.73. The summed E-state index contributed by atoms with van der Waals surface area (Å²) in [4.78, 5) is 12.6. The minimum Gasteiger partial charge on any atom is -0.326 e. The van der Waals surface area contributed by atoms with Gasteiger partial charge in [0, 0.05) is 11.6 Å². The molecule has 0 aromatic heterocycles. The Bertz CT molecular complexity index is 534. The van der Waals surface area contributed by atoms with Crippen molar-refractivity contribution >= 4 is 11.6 Å². The topological polar surface area (TPSA) is 52.9 Å². The van der Waals surface area contributed by atoms with E-state index in [9.17, 15) is 4.79 Å². The fourth-order valence-corrected chi connectivity index (χ4v) is 3.34. The molecule has 2 unspecified atom stereocenters. The number of hydrogen-bond donors (Lipinski definition) is 1. The molecule has 1 fully saturated rings. The van der Waals surface area contributed by atoms with Crippen LogP contribution in [0.5, 0.6) is 0 Å². The van der Waals surface area contributed by atoms with Crippen LogP contribution in [0.25, 0.3) is 0 Å². The number of nitriles is 1. The molecule has 0 heterocycles. The van der Waals surface area contributed by atoms with E-state index >= 15 is 0 Å². The molecule has 0 saturated heterocycles. The summed E-state index contributed by atoms with van der Waals surface area (Å²) in [5, 5.41) is 11.8. The SMILES string of the molecule is CC(C)(C)C1CCCCC1C(=O)Nc1ccc(C#N)cc1.